The summed E-state index contributed by atoms with van der Waals surface area (Å²) in [6.45, 7) is 0. The Bertz CT molecular complexity index is 524. The molecule has 0 aliphatic rings. The summed E-state index contributed by atoms with van der Waals surface area (Å²) in [5.41, 5.74) is 0.862. The molecule has 0 amide bonds. The van der Waals surface area contributed by atoms with Crippen LogP contribution in [0, 0.1) is 0 Å². The summed E-state index contributed by atoms with van der Waals surface area (Å²) >= 11 is 9.52. The maximum absolute atomic E-state index is 6.16. The predicted octanol–water partition coefficient (Wildman–Crippen LogP) is 2.94. The number of halogens is 2. The highest BCUT2D eigenvalue weighted by molar-refractivity contribution is 9.10. The first-order valence-electron chi connectivity index (χ1n) is 4.66. The molecule has 1 N–H and O–H groups in total. The van der Waals surface area contributed by atoms with Gasteiger partial charge in [0.2, 0.25) is 5.95 Å². The molecule has 2 aromatic rings. The molecule has 0 aliphatic heterocycles. The SMILES string of the molecule is CNc1nnc(-c2ccc(Br)cc2Cl)n1C. The smallest absolute Gasteiger partial charge is 0.224 e. The number of anilines is 1. The fourth-order valence-electron chi connectivity index (χ4n) is 1.45. The molecular weight excluding hydrogens is 291 g/mol. The van der Waals surface area contributed by atoms with Gasteiger partial charge in [0, 0.05) is 24.1 Å². The highest BCUT2D eigenvalue weighted by Crippen LogP contribution is 2.29. The molecule has 0 radical (unpaired) electrons. The number of aromatic nitrogens is 3. The summed E-state index contributed by atoms with van der Waals surface area (Å²) in [7, 11) is 3.69. The fraction of sp³-hybridized carbons (Fsp3) is 0.200. The van der Waals surface area contributed by atoms with Crippen LogP contribution in [0.4, 0.5) is 5.95 Å². The molecule has 0 spiro atoms. The second-order valence-electron chi connectivity index (χ2n) is 3.28. The maximum atomic E-state index is 6.16. The van der Waals surface area contributed by atoms with Crippen LogP contribution in [-0.4, -0.2) is 21.8 Å². The van der Waals surface area contributed by atoms with Crippen molar-refractivity contribution in [3.63, 3.8) is 0 Å². The van der Waals surface area contributed by atoms with Crippen LogP contribution in [-0.2, 0) is 7.05 Å². The van der Waals surface area contributed by atoms with E-state index in [-0.39, 0.29) is 0 Å². The number of hydrogen-bond donors (Lipinski definition) is 1. The molecule has 0 aliphatic carbocycles. The lowest BCUT2D eigenvalue weighted by Crippen LogP contribution is -1.99. The number of rotatable bonds is 2. The Morgan fingerprint density at radius 3 is 2.69 bits per heavy atom. The highest BCUT2D eigenvalue weighted by atomic mass is 79.9. The van der Waals surface area contributed by atoms with Crippen LogP contribution in [0.25, 0.3) is 11.4 Å². The van der Waals surface area contributed by atoms with Gasteiger partial charge in [-0.15, -0.1) is 10.2 Å². The second-order valence-corrected chi connectivity index (χ2v) is 4.60. The lowest BCUT2D eigenvalue weighted by Gasteiger charge is -2.05. The quantitative estimate of drug-likeness (QED) is 0.927. The molecule has 16 heavy (non-hydrogen) atoms. The minimum Gasteiger partial charge on any atom is -0.357 e. The normalized spacial score (nSPS) is 10.5. The van der Waals surface area contributed by atoms with Crippen LogP contribution in [0.5, 0.6) is 0 Å². The third kappa shape index (κ3) is 1.92. The van der Waals surface area contributed by atoms with Crippen molar-refractivity contribution >= 4 is 33.5 Å². The van der Waals surface area contributed by atoms with Gasteiger partial charge in [0.1, 0.15) is 0 Å². The van der Waals surface area contributed by atoms with Gasteiger partial charge in [-0.05, 0) is 18.2 Å². The van der Waals surface area contributed by atoms with Crippen LogP contribution >= 0.6 is 27.5 Å². The zero-order chi connectivity index (χ0) is 11.7. The van der Waals surface area contributed by atoms with Crippen molar-refractivity contribution in [2.75, 3.05) is 12.4 Å². The molecule has 0 saturated heterocycles. The molecule has 0 saturated carbocycles. The summed E-state index contributed by atoms with van der Waals surface area (Å²) in [6.07, 6.45) is 0. The summed E-state index contributed by atoms with van der Waals surface area (Å²) in [4.78, 5) is 0. The average molecular weight is 302 g/mol. The van der Waals surface area contributed by atoms with Gasteiger partial charge < -0.3 is 5.32 Å². The van der Waals surface area contributed by atoms with Gasteiger partial charge in [-0.3, -0.25) is 4.57 Å². The monoisotopic (exact) mass is 300 g/mol. The largest absolute Gasteiger partial charge is 0.357 e. The summed E-state index contributed by atoms with van der Waals surface area (Å²) < 4.78 is 2.80. The van der Waals surface area contributed by atoms with Crippen molar-refractivity contribution < 1.29 is 0 Å². The zero-order valence-corrected chi connectivity index (χ0v) is 11.2. The Labute approximate surface area is 107 Å². The third-order valence-corrected chi connectivity index (χ3v) is 3.08. The molecule has 4 nitrogen and oxygen atoms in total. The van der Waals surface area contributed by atoms with Crippen molar-refractivity contribution in [3.05, 3.63) is 27.7 Å². The predicted molar refractivity (Wildman–Crippen MR) is 68.7 cm³/mol. The van der Waals surface area contributed by atoms with E-state index in [2.05, 4.69) is 31.4 Å². The van der Waals surface area contributed by atoms with Gasteiger partial charge in [-0.2, -0.15) is 0 Å². The molecule has 0 fully saturated rings. The fourth-order valence-corrected chi connectivity index (χ4v) is 2.21. The molecule has 1 aromatic carbocycles. The average Bonchev–Trinajstić information content (AvgIpc) is 2.60. The number of benzene rings is 1. The Balaban J connectivity index is 2.54. The highest BCUT2D eigenvalue weighted by Gasteiger charge is 2.12. The van der Waals surface area contributed by atoms with Crippen LogP contribution in [0.15, 0.2) is 22.7 Å². The first kappa shape index (κ1) is 11.4. The lowest BCUT2D eigenvalue weighted by atomic mass is 10.2. The molecule has 0 bridgehead atoms. The molecule has 1 aromatic heterocycles. The van der Waals surface area contributed by atoms with Crippen molar-refractivity contribution in [2.45, 2.75) is 0 Å². The van der Waals surface area contributed by atoms with E-state index < -0.39 is 0 Å². The minimum absolute atomic E-state index is 0.646. The van der Waals surface area contributed by atoms with Gasteiger partial charge >= 0.3 is 0 Å². The van der Waals surface area contributed by atoms with Crippen molar-refractivity contribution in [3.8, 4) is 11.4 Å². The van der Waals surface area contributed by atoms with Gasteiger partial charge in [0.25, 0.3) is 0 Å². The van der Waals surface area contributed by atoms with E-state index in [1.807, 2.05) is 29.8 Å². The Morgan fingerprint density at radius 1 is 1.38 bits per heavy atom. The van der Waals surface area contributed by atoms with E-state index in [1.54, 1.807) is 7.05 Å². The van der Waals surface area contributed by atoms with Crippen LogP contribution in [0.1, 0.15) is 0 Å². The number of nitrogens with zero attached hydrogens (tertiary/aromatic N) is 3. The number of hydrogen-bond acceptors (Lipinski definition) is 3. The molecule has 84 valence electrons. The topological polar surface area (TPSA) is 42.7 Å². The zero-order valence-electron chi connectivity index (χ0n) is 8.83. The molecule has 0 unspecified atom stereocenters. The van der Waals surface area contributed by atoms with Crippen LogP contribution in [0.2, 0.25) is 5.02 Å². The number of nitrogens with one attached hydrogen (secondary N) is 1. The van der Waals surface area contributed by atoms with Gasteiger partial charge in [0.05, 0.1) is 5.02 Å². The standard InChI is InChI=1S/C10H10BrClN4/c1-13-10-15-14-9(16(10)2)7-4-3-6(11)5-8(7)12/h3-5H,1-2H3,(H,13,15). The van der Waals surface area contributed by atoms with E-state index in [0.717, 1.165) is 15.9 Å². The van der Waals surface area contributed by atoms with Crippen molar-refractivity contribution in [2.24, 2.45) is 7.05 Å². The van der Waals surface area contributed by atoms with Gasteiger partial charge in [-0.1, -0.05) is 27.5 Å². The van der Waals surface area contributed by atoms with Crippen molar-refractivity contribution in [1.29, 1.82) is 0 Å². The summed E-state index contributed by atoms with van der Waals surface area (Å²) in [5.74, 6) is 1.44. The van der Waals surface area contributed by atoms with Crippen LogP contribution in [0.3, 0.4) is 0 Å². The lowest BCUT2D eigenvalue weighted by molar-refractivity contribution is 0.925. The van der Waals surface area contributed by atoms with E-state index in [1.165, 1.54) is 0 Å². The first-order chi connectivity index (χ1) is 7.63. The van der Waals surface area contributed by atoms with E-state index in [9.17, 15) is 0 Å². The first-order valence-corrected chi connectivity index (χ1v) is 5.83. The van der Waals surface area contributed by atoms with E-state index in [4.69, 9.17) is 11.6 Å². The van der Waals surface area contributed by atoms with E-state index in [0.29, 0.717) is 11.0 Å². The van der Waals surface area contributed by atoms with E-state index >= 15 is 0 Å². The summed E-state index contributed by atoms with van der Waals surface area (Å²) in [5, 5.41) is 11.7. The Morgan fingerprint density at radius 2 is 2.12 bits per heavy atom. The Kier molecular flexibility index (Phi) is 3.16. The third-order valence-electron chi connectivity index (χ3n) is 2.27. The molecule has 2 rings (SSSR count). The van der Waals surface area contributed by atoms with Crippen LogP contribution < -0.4 is 5.32 Å². The molecule has 1 heterocycles. The second kappa shape index (κ2) is 4.43. The molecule has 6 heteroatoms. The Hall–Kier alpha value is -1.07. The maximum Gasteiger partial charge on any atom is 0.224 e. The molecular formula is C10H10BrClN4. The van der Waals surface area contributed by atoms with Gasteiger partial charge in [0.15, 0.2) is 5.82 Å². The van der Waals surface area contributed by atoms with Crippen molar-refractivity contribution in [1.82, 2.24) is 14.8 Å². The minimum atomic E-state index is 0.646. The molecule has 0 atom stereocenters. The summed E-state index contributed by atoms with van der Waals surface area (Å²) in [6, 6.07) is 5.68. The van der Waals surface area contributed by atoms with Gasteiger partial charge in [-0.25, -0.2) is 0 Å².